The zero-order valence-corrected chi connectivity index (χ0v) is 20.6. The predicted octanol–water partition coefficient (Wildman–Crippen LogP) is 1.11. The van der Waals surface area contributed by atoms with Crippen LogP contribution in [0.1, 0.15) is 5.69 Å². The molecule has 0 spiro atoms. The number of β-lactam (4-membered cyclic amide) rings is 1. The van der Waals surface area contributed by atoms with Crippen molar-refractivity contribution < 1.29 is 24.3 Å². The molecule has 2 aliphatic rings. The van der Waals surface area contributed by atoms with Crippen LogP contribution < -0.4 is 11.1 Å². The number of anilines is 1. The summed E-state index contributed by atoms with van der Waals surface area (Å²) in [5, 5.41) is 23.2. The van der Waals surface area contributed by atoms with Crippen molar-refractivity contribution in [2.75, 3.05) is 24.3 Å². The van der Waals surface area contributed by atoms with Gasteiger partial charge in [0.15, 0.2) is 15.2 Å². The fourth-order valence-electron chi connectivity index (χ4n) is 3.13. The van der Waals surface area contributed by atoms with E-state index in [0.29, 0.717) is 21.4 Å². The Hall–Kier alpha value is -2.40. The van der Waals surface area contributed by atoms with Crippen LogP contribution in [0.5, 0.6) is 0 Å². The maximum absolute atomic E-state index is 12.9. The number of rotatable bonds is 8. The molecular formula is C16H14ClN7O5S4. The maximum atomic E-state index is 12.9. The largest absolute Gasteiger partial charge is 0.477 e. The molecule has 12 nitrogen and oxygen atoms in total. The number of carbonyl (C=O) groups is 3. The highest BCUT2D eigenvalue weighted by Gasteiger charge is 2.54. The van der Waals surface area contributed by atoms with Crippen molar-refractivity contribution in [3.05, 3.63) is 26.8 Å². The quantitative estimate of drug-likeness (QED) is 0.187. The van der Waals surface area contributed by atoms with Crippen molar-refractivity contribution in [1.82, 2.24) is 25.4 Å². The predicted molar refractivity (Wildman–Crippen MR) is 125 cm³/mol. The number of oxime groups is 1. The third kappa shape index (κ3) is 4.65. The molecule has 1 saturated heterocycles. The number of nitrogens with one attached hydrogen (secondary N) is 1. The van der Waals surface area contributed by atoms with Gasteiger partial charge in [-0.2, -0.15) is 0 Å². The number of nitrogen functional groups attached to an aromatic ring is 1. The van der Waals surface area contributed by atoms with E-state index in [2.05, 4.69) is 25.7 Å². The number of hydrogen-bond acceptors (Lipinski definition) is 13. The van der Waals surface area contributed by atoms with Gasteiger partial charge in [0.05, 0.1) is 0 Å². The number of fused-ring (bicyclic) bond motifs is 1. The van der Waals surface area contributed by atoms with Gasteiger partial charge in [-0.15, -0.1) is 22.0 Å². The van der Waals surface area contributed by atoms with Crippen LogP contribution in [0.15, 0.2) is 26.3 Å². The van der Waals surface area contributed by atoms with E-state index in [1.807, 2.05) is 0 Å². The highest BCUT2D eigenvalue weighted by Crippen LogP contribution is 2.41. The second-order valence-corrected chi connectivity index (χ2v) is 11.2. The number of carboxylic acid groups (broad SMARTS) is 1. The topological polar surface area (TPSA) is 173 Å². The standard InChI is InChI=1S/C16H14ClN7O5S4/c1-29-23-7(6-10(17)33-15(18)21-6)11(25)20-8-12(26)24-9(14(27)28)5(2-30-13(8)24)3-31-16-22-19-4-32-16/h4,8,13H,2-3H2,1H3,(H2,18,21)(H,20,25)(H,27,28)/t8?,13-/m0/s1. The third-order valence-corrected chi connectivity index (χ3v) is 8.84. The summed E-state index contributed by atoms with van der Waals surface area (Å²) in [7, 11) is 1.25. The van der Waals surface area contributed by atoms with E-state index in [9.17, 15) is 19.5 Å². The van der Waals surface area contributed by atoms with E-state index in [1.54, 1.807) is 5.51 Å². The Morgan fingerprint density at radius 2 is 2.30 bits per heavy atom. The lowest BCUT2D eigenvalue weighted by Gasteiger charge is -2.49. The molecule has 33 heavy (non-hydrogen) atoms. The van der Waals surface area contributed by atoms with Gasteiger partial charge in [0.2, 0.25) is 0 Å². The van der Waals surface area contributed by atoms with E-state index < -0.39 is 29.2 Å². The van der Waals surface area contributed by atoms with Crippen LogP contribution in [0.2, 0.25) is 4.34 Å². The van der Waals surface area contributed by atoms with Crippen LogP contribution in [0.3, 0.4) is 0 Å². The summed E-state index contributed by atoms with van der Waals surface area (Å²) in [6.45, 7) is 0. The fourth-order valence-corrected chi connectivity index (χ4v) is 7.03. The number of amides is 2. The van der Waals surface area contributed by atoms with Crippen LogP contribution in [0, 0.1) is 0 Å². The number of aliphatic carboxylic acids is 1. The molecule has 2 atom stereocenters. The molecule has 174 valence electrons. The van der Waals surface area contributed by atoms with Crippen molar-refractivity contribution in [2.45, 2.75) is 15.8 Å². The molecule has 0 radical (unpaired) electrons. The lowest BCUT2D eigenvalue weighted by atomic mass is 10.0. The minimum atomic E-state index is -1.21. The molecule has 2 aliphatic heterocycles. The minimum absolute atomic E-state index is 0.0283. The summed E-state index contributed by atoms with van der Waals surface area (Å²) >= 11 is 11.1. The van der Waals surface area contributed by atoms with Gasteiger partial charge in [-0.05, 0) is 5.57 Å². The molecule has 2 aromatic rings. The number of thioether (sulfide) groups is 2. The second-order valence-electron chi connectivity index (χ2n) is 6.41. The Morgan fingerprint density at radius 3 is 2.91 bits per heavy atom. The Morgan fingerprint density at radius 1 is 1.52 bits per heavy atom. The fraction of sp³-hybridized carbons (Fsp3) is 0.312. The van der Waals surface area contributed by atoms with Crippen molar-refractivity contribution in [3.63, 3.8) is 0 Å². The molecule has 0 aromatic carbocycles. The van der Waals surface area contributed by atoms with Gasteiger partial charge < -0.3 is 21.0 Å². The number of carbonyl (C=O) groups excluding carboxylic acids is 2. The molecule has 1 unspecified atom stereocenters. The third-order valence-electron chi connectivity index (χ3n) is 4.47. The average molecular weight is 548 g/mol. The lowest BCUT2D eigenvalue weighted by molar-refractivity contribution is -0.150. The molecule has 1 fully saturated rings. The summed E-state index contributed by atoms with van der Waals surface area (Å²) in [5.74, 6) is -1.77. The van der Waals surface area contributed by atoms with E-state index in [0.717, 1.165) is 11.3 Å². The lowest BCUT2D eigenvalue weighted by Crippen LogP contribution is -2.71. The molecular weight excluding hydrogens is 534 g/mol. The number of nitrogens with zero attached hydrogens (tertiary/aromatic N) is 5. The first kappa shape index (κ1) is 23.7. The number of aromatic nitrogens is 3. The first-order valence-corrected chi connectivity index (χ1v) is 13.1. The smallest absolute Gasteiger partial charge is 0.352 e. The average Bonchev–Trinajstić information content (AvgIpc) is 3.42. The first-order chi connectivity index (χ1) is 15.8. The normalized spacial score (nSPS) is 20.4. The van der Waals surface area contributed by atoms with E-state index in [4.69, 9.17) is 22.2 Å². The van der Waals surface area contributed by atoms with Gasteiger partial charge in [0.1, 0.15) is 39.8 Å². The van der Waals surface area contributed by atoms with Gasteiger partial charge >= 0.3 is 5.97 Å². The van der Waals surface area contributed by atoms with Gasteiger partial charge in [-0.1, -0.05) is 51.2 Å². The summed E-state index contributed by atoms with van der Waals surface area (Å²) in [6.07, 6.45) is 0. The van der Waals surface area contributed by atoms with Crippen LogP contribution in [-0.4, -0.2) is 78.7 Å². The van der Waals surface area contributed by atoms with Crippen molar-refractivity contribution in [1.29, 1.82) is 0 Å². The van der Waals surface area contributed by atoms with Gasteiger partial charge in [-0.25, -0.2) is 9.78 Å². The van der Waals surface area contributed by atoms with Crippen LogP contribution in [0.4, 0.5) is 5.13 Å². The molecule has 17 heteroatoms. The van der Waals surface area contributed by atoms with Gasteiger partial charge in [-0.3, -0.25) is 14.5 Å². The molecule has 0 aliphatic carbocycles. The van der Waals surface area contributed by atoms with Gasteiger partial charge in [0.25, 0.3) is 11.8 Å². The molecule has 4 heterocycles. The number of nitrogens with two attached hydrogens (primary N) is 1. The van der Waals surface area contributed by atoms with E-state index >= 15 is 0 Å². The summed E-state index contributed by atoms with van der Waals surface area (Å²) in [6, 6.07) is -0.953. The summed E-state index contributed by atoms with van der Waals surface area (Å²) in [5.41, 5.74) is 7.52. The van der Waals surface area contributed by atoms with Crippen molar-refractivity contribution >= 4 is 86.4 Å². The Labute approximate surface area is 207 Å². The van der Waals surface area contributed by atoms with Crippen LogP contribution >= 0.6 is 57.8 Å². The highest BCUT2D eigenvalue weighted by molar-refractivity contribution is 8.01. The summed E-state index contributed by atoms with van der Waals surface area (Å²) in [4.78, 5) is 47.6. The maximum Gasteiger partial charge on any atom is 0.352 e. The number of carboxylic acids is 1. The van der Waals surface area contributed by atoms with E-state index in [-0.39, 0.29) is 26.6 Å². The molecule has 4 N–H and O–H groups in total. The first-order valence-electron chi connectivity index (χ1n) is 8.95. The molecule has 2 amide bonds. The monoisotopic (exact) mass is 547 g/mol. The number of hydrogen-bond donors (Lipinski definition) is 3. The molecule has 2 aromatic heterocycles. The Kier molecular flexibility index (Phi) is 7.08. The second kappa shape index (κ2) is 9.84. The summed E-state index contributed by atoms with van der Waals surface area (Å²) < 4.78 is 0.839. The van der Waals surface area contributed by atoms with Crippen LogP contribution in [0.25, 0.3) is 0 Å². The molecule has 0 saturated carbocycles. The highest BCUT2D eigenvalue weighted by atomic mass is 35.5. The molecule has 4 rings (SSSR count). The van der Waals surface area contributed by atoms with Crippen molar-refractivity contribution in [2.24, 2.45) is 5.16 Å². The van der Waals surface area contributed by atoms with Crippen molar-refractivity contribution in [3.8, 4) is 0 Å². The molecule has 0 bridgehead atoms. The Bertz CT molecular complexity index is 1170. The number of halogens is 1. The SMILES string of the molecule is CON=C(C(=O)NC1C(=O)N2C(C(=O)O)=C(CSc3nncs3)CS[C@@H]12)c1nc(N)sc1Cl. The minimum Gasteiger partial charge on any atom is -0.477 e. The van der Waals surface area contributed by atoms with Gasteiger partial charge in [0, 0.05) is 11.5 Å². The zero-order chi connectivity index (χ0) is 23.7. The zero-order valence-electron chi connectivity index (χ0n) is 16.6. The van der Waals surface area contributed by atoms with E-state index in [1.165, 1.54) is 46.9 Å². The van der Waals surface area contributed by atoms with Crippen LogP contribution in [-0.2, 0) is 19.2 Å². The number of thiazole rings is 1. The Balaban J connectivity index is 1.51.